The average Bonchev–Trinajstić information content (AvgIpc) is 2.76. The fourth-order valence-corrected chi connectivity index (χ4v) is 3.35. The molecular formula is C14H19N3O4S. The van der Waals surface area contributed by atoms with E-state index in [2.05, 4.69) is 9.71 Å². The molecule has 0 bridgehead atoms. The van der Waals surface area contributed by atoms with Crippen LogP contribution in [0.1, 0.15) is 12.6 Å². The number of nitrogens with zero attached hydrogens (tertiary/aromatic N) is 1. The van der Waals surface area contributed by atoms with Crippen LogP contribution in [0, 0.1) is 6.92 Å². The van der Waals surface area contributed by atoms with E-state index in [0.717, 1.165) is 5.69 Å². The highest BCUT2D eigenvalue weighted by Crippen LogP contribution is 2.15. The number of imidazole rings is 1. The van der Waals surface area contributed by atoms with Crippen LogP contribution in [0.4, 0.5) is 5.69 Å². The number of rotatable bonds is 6. The molecule has 22 heavy (non-hydrogen) atoms. The lowest BCUT2D eigenvalue weighted by molar-refractivity contribution is 0.136. The Kier molecular flexibility index (Phi) is 4.72. The van der Waals surface area contributed by atoms with E-state index in [1.165, 1.54) is 11.7 Å². The van der Waals surface area contributed by atoms with Crippen LogP contribution in [0.25, 0.3) is 5.69 Å². The zero-order chi connectivity index (χ0) is 16.3. The quantitative estimate of drug-likeness (QED) is 0.836. The van der Waals surface area contributed by atoms with Crippen molar-refractivity contribution in [2.45, 2.75) is 20.0 Å². The van der Waals surface area contributed by atoms with E-state index in [4.69, 9.17) is 4.74 Å². The van der Waals surface area contributed by atoms with Gasteiger partial charge in [-0.1, -0.05) is 6.07 Å². The summed E-state index contributed by atoms with van der Waals surface area (Å²) in [5.74, 6) is -0.142. The Morgan fingerprint density at radius 1 is 1.41 bits per heavy atom. The molecule has 0 amide bonds. The number of aromatic amines is 1. The molecule has 0 unspecified atom stereocenters. The Bertz CT molecular complexity index is 807. The second kappa shape index (κ2) is 6.37. The van der Waals surface area contributed by atoms with Crippen molar-refractivity contribution < 1.29 is 13.2 Å². The second-order valence-corrected chi connectivity index (χ2v) is 6.86. The molecule has 2 aromatic rings. The highest BCUT2D eigenvalue weighted by atomic mass is 32.2. The lowest BCUT2D eigenvalue weighted by Crippen LogP contribution is -2.25. The number of ether oxygens (including phenoxy) is 1. The number of methoxy groups -OCH3 is 1. The van der Waals surface area contributed by atoms with E-state index in [0.29, 0.717) is 11.4 Å². The predicted molar refractivity (Wildman–Crippen MR) is 85.0 cm³/mol. The van der Waals surface area contributed by atoms with Crippen LogP contribution in [-0.2, 0) is 14.8 Å². The molecular weight excluding hydrogens is 306 g/mol. The third-order valence-corrected chi connectivity index (χ3v) is 4.55. The van der Waals surface area contributed by atoms with Crippen molar-refractivity contribution in [3.8, 4) is 5.69 Å². The smallest absolute Gasteiger partial charge is 0.330 e. The maximum atomic E-state index is 12.0. The van der Waals surface area contributed by atoms with Crippen LogP contribution >= 0.6 is 0 Å². The molecule has 1 aromatic carbocycles. The molecule has 120 valence electrons. The number of aromatic nitrogens is 2. The highest BCUT2D eigenvalue weighted by Gasteiger charge is 2.15. The molecule has 0 fully saturated rings. The SMILES string of the molecule is CO[C@H](C)CS(=O)(=O)Nc1cccc(-n2cc(C)[nH]c2=O)c1. The van der Waals surface area contributed by atoms with Gasteiger partial charge in [-0.15, -0.1) is 0 Å². The van der Waals surface area contributed by atoms with Gasteiger partial charge in [-0.25, -0.2) is 13.2 Å². The Labute approximate surface area is 129 Å². The normalized spacial score (nSPS) is 13.0. The van der Waals surface area contributed by atoms with Crippen molar-refractivity contribution in [1.82, 2.24) is 9.55 Å². The standard InChI is InChI=1S/C14H19N3O4S/c1-10-8-17(14(18)15-10)13-6-4-5-12(7-13)16-22(19,20)9-11(2)21-3/h4-8,11,16H,9H2,1-3H3,(H,15,18)/t11-/m1/s1. The van der Waals surface area contributed by atoms with Gasteiger partial charge in [0.1, 0.15) is 0 Å². The molecule has 0 saturated heterocycles. The molecule has 1 heterocycles. The number of hydrogen-bond donors (Lipinski definition) is 2. The molecule has 0 spiro atoms. The molecule has 0 saturated carbocycles. The molecule has 0 aliphatic rings. The molecule has 2 N–H and O–H groups in total. The first-order valence-corrected chi connectivity index (χ1v) is 8.38. The summed E-state index contributed by atoms with van der Waals surface area (Å²) in [7, 11) is -2.06. The molecule has 8 heteroatoms. The maximum absolute atomic E-state index is 12.0. The minimum absolute atomic E-state index is 0.142. The molecule has 1 aromatic heterocycles. The number of anilines is 1. The lowest BCUT2D eigenvalue weighted by Gasteiger charge is -2.12. The molecule has 0 aliphatic carbocycles. The Hall–Kier alpha value is -2.06. The number of nitrogens with one attached hydrogen (secondary N) is 2. The van der Waals surface area contributed by atoms with Gasteiger partial charge in [0.05, 0.1) is 23.2 Å². The summed E-state index contributed by atoms with van der Waals surface area (Å²) in [5.41, 5.74) is 1.43. The predicted octanol–water partition coefficient (Wildman–Crippen LogP) is 1.25. The van der Waals surface area contributed by atoms with Crippen LogP contribution in [0.5, 0.6) is 0 Å². The zero-order valence-electron chi connectivity index (χ0n) is 12.7. The molecule has 1 atom stereocenters. The van der Waals surface area contributed by atoms with Crippen LogP contribution in [0.3, 0.4) is 0 Å². The van der Waals surface area contributed by atoms with Gasteiger partial charge < -0.3 is 9.72 Å². The average molecular weight is 325 g/mol. The van der Waals surface area contributed by atoms with Gasteiger partial charge in [0.15, 0.2) is 0 Å². The molecule has 0 aliphatic heterocycles. The van der Waals surface area contributed by atoms with Crippen molar-refractivity contribution in [3.63, 3.8) is 0 Å². The highest BCUT2D eigenvalue weighted by molar-refractivity contribution is 7.92. The van der Waals surface area contributed by atoms with Gasteiger partial charge in [0, 0.05) is 19.0 Å². The summed E-state index contributed by atoms with van der Waals surface area (Å²) in [6, 6.07) is 6.64. The summed E-state index contributed by atoms with van der Waals surface area (Å²) < 4.78 is 32.9. The van der Waals surface area contributed by atoms with Crippen LogP contribution in [0.15, 0.2) is 35.3 Å². The van der Waals surface area contributed by atoms with E-state index in [9.17, 15) is 13.2 Å². The second-order valence-electron chi connectivity index (χ2n) is 5.09. The Balaban J connectivity index is 2.26. The first kappa shape index (κ1) is 16.3. The van der Waals surface area contributed by atoms with Gasteiger partial charge in [-0.3, -0.25) is 9.29 Å². The van der Waals surface area contributed by atoms with Crippen LogP contribution in [0.2, 0.25) is 0 Å². The third-order valence-electron chi connectivity index (χ3n) is 3.10. The van der Waals surface area contributed by atoms with Crippen molar-refractivity contribution in [2.24, 2.45) is 0 Å². The minimum atomic E-state index is -3.52. The fraction of sp³-hybridized carbons (Fsp3) is 0.357. The molecule has 7 nitrogen and oxygen atoms in total. The Morgan fingerprint density at radius 2 is 2.14 bits per heavy atom. The first-order chi connectivity index (χ1) is 10.3. The number of benzene rings is 1. The minimum Gasteiger partial charge on any atom is -0.381 e. The van der Waals surface area contributed by atoms with Gasteiger partial charge in [0.2, 0.25) is 10.0 Å². The van der Waals surface area contributed by atoms with Gasteiger partial charge in [-0.2, -0.15) is 0 Å². The monoisotopic (exact) mass is 325 g/mol. The first-order valence-electron chi connectivity index (χ1n) is 6.73. The van der Waals surface area contributed by atoms with Crippen LogP contribution < -0.4 is 10.4 Å². The molecule has 2 rings (SSSR count). The van der Waals surface area contributed by atoms with Crippen molar-refractivity contribution in [3.05, 3.63) is 46.6 Å². The largest absolute Gasteiger partial charge is 0.381 e. The van der Waals surface area contributed by atoms with Gasteiger partial charge in [-0.05, 0) is 32.0 Å². The van der Waals surface area contributed by atoms with E-state index >= 15 is 0 Å². The lowest BCUT2D eigenvalue weighted by atomic mass is 10.3. The third kappa shape index (κ3) is 3.99. The summed E-state index contributed by atoms with van der Waals surface area (Å²) in [5, 5.41) is 0. The topological polar surface area (TPSA) is 93.2 Å². The van der Waals surface area contributed by atoms with E-state index in [1.807, 2.05) is 0 Å². The van der Waals surface area contributed by atoms with E-state index in [1.54, 1.807) is 44.3 Å². The van der Waals surface area contributed by atoms with E-state index < -0.39 is 16.1 Å². The number of hydrogen-bond acceptors (Lipinski definition) is 4. The van der Waals surface area contributed by atoms with E-state index in [-0.39, 0.29) is 11.4 Å². The Morgan fingerprint density at radius 3 is 2.73 bits per heavy atom. The summed E-state index contributed by atoms with van der Waals surface area (Å²) in [6.45, 7) is 3.45. The van der Waals surface area contributed by atoms with Crippen molar-refractivity contribution in [2.75, 3.05) is 17.6 Å². The van der Waals surface area contributed by atoms with Gasteiger partial charge >= 0.3 is 5.69 Å². The van der Waals surface area contributed by atoms with Crippen LogP contribution in [-0.4, -0.2) is 36.9 Å². The summed E-state index contributed by atoms with van der Waals surface area (Å²) in [6.07, 6.45) is 1.25. The summed E-state index contributed by atoms with van der Waals surface area (Å²) in [4.78, 5) is 14.4. The van der Waals surface area contributed by atoms with Crippen molar-refractivity contribution >= 4 is 15.7 Å². The van der Waals surface area contributed by atoms with Gasteiger partial charge in [0.25, 0.3) is 0 Å². The zero-order valence-corrected chi connectivity index (χ0v) is 13.5. The number of sulfonamides is 1. The maximum Gasteiger partial charge on any atom is 0.330 e. The number of H-pyrrole nitrogens is 1. The molecule has 0 radical (unpaired) electrons. The van der Waals surface area contributed by atoms with Crippen molar-refractivity contribution in [1.29, 1.82) is 0 Å². The summed E-state index contributed by atoms with van der Waals surface area (Å²) >= 11 is 0. The number of aryl methyl sites for hydroxylation is 1. The fourth-order valence-electron chi connectivity index (χ4n) is 2.02.